The Morgan fingerprint density at radius 1 is 1.24 bits per heavy atom. The van der Waals surface area contributed by atoms with Crippen LogP contribution in [0.5, 0.6) is 5.75 Å². The van der Waals surface area contributed by atoms with Gasteiger partial charge in [-0.3, -0.25) is 9.59 Å². The summed E-state index contributed by atoms with van der Waals surface area (Å²) in [5.41, 5.74) is 0. The highest BCUT2D eigenvalue weighted by Crippen LogP contribution is 2.16. The highest BCUT2D eigenvalue weighted by atomic mass is 79.9. The molecule has 0 N–H and O–H groups in total. The monoisotopic (exact) mass is 357 g/mol. The number of benzene rings is 1. The highest BCUT2D eigenvalue weighted by molar-refractivity contribution is 9.10. The van der Waals surface area contributed by atoms with Crippen molar-refractivity contribution in [2.75, 3.05) is 26.8 Å². The van der Waals surface area contributed by atoms with Crippen LogP contribution in [-0.4, -0.2) is 43.6 Å². The molecule has 0 fully saturated rings. The maximum absolute atomic E-state index is 11.8. The molecular weight excluding hydrogens is 338 g/mol. The molecule has 0 saturated heterocycles. The Bertz CT molecular complexity index is 461. The van der Waals surface area contributed by atoms with Crippen LogP contribution in [0.15, 0.2) is 28.7 Å². The lowest BCUT2D eigenvalue weighted by molar-refractivity contribution is -0.148. The topological polar surface area (TPSA) is 55.8 Å². The summed E-state index contributed by atoms with van der Waals surface area (Å²) in [6.45, 7) is 2.50. The first-order valence-corrected chi connectivity index (χ1v) is 7.60. The number of likely N-dealkylation sites (N-methyl/N-ethyl adjacent to an activating group) is 1. The van der Waals surface area contributed by atoms with Crippen molar-refractivity contribution in [3.05, 3.63) is 28.7 Å². The molecule has 6 heteroatoms. The van der Waals surface area contributed by atoms with Gasteiger partial charge in [-0.15, -0.1) is 0 Å². The molecule has 0 radical (unpaired) electrons. The summed E-state index contributed by atoms with van der Waals surface area (Å²) in [5, 5.41) is 0. The molecule has 1 rings (SSSR count). The summed E-state index contributed by atoms with van der Waals surface area (Å²) in [5.74, 6) is 0.285. The number of esters is 1. The third-order valence-electron chi connectivity index (χ3n) is 2.71. The minimum Gasteiger partial charge on any atom is -0.494 e. The van der Waals surface area contributed by atoms with Crippen molar-refractivity contribution < 1.29 is 19.1 Å². The fourth-order valence-corrected chi connectivity index (χ4v) is 1.89. The number of halogens is 1. The summed E-state index contributed by atoms with van der Waals surface area (Å²) in [4.78, 5) is 24.4. The van der Waals surface area contributed by atoms with Crippen LogP contribution in [0.2, 0.25) is 0 Å². The van der Waals surface area contributed by atoms with Crippen molar-refractivity contribution in [1.29, 1.82) is 0 Å². The molecule has 0 bridgehead atoms. The molecular formula is C15H20BrNO4. The largest absolute Gasteiger partial charge is 0.494 e. The summed E-state index contributed by atoms with van der Waals surface area (Å²) in [7, 11) is 1.59. The maximum atomic E-state index is 11.8. The van der Waals surface area contributed by atoms with E-state index < -0.39 is 0 Å². The second-order valence-electron chi connectivity index (χ2n) is 4.46. The van der Waals surface area contributed by atoms with E-state index >= 15 is 0 Å². The average Bonchev–Trinajstić information content (AvgIpc) is 2.45. The number of hydrogen-bond donors (Lipinski definition) is 0. The Kier molecular flexibility index (Phi) is 7.82. The van der Waals surface area contributed by atoms with E-state index in [-0.39, 0.29) is 18.4 Å². The van der Waals surface area contributed by atoms with E-state index in [4.69, 9.17) is 9.47 Å². The Morgan fingerprint density at radius 2 is 1.90 bits per heavy atom. The predicted molar refractivity (Wildman–Crippen MR) is 83.1 cm³/mol. The fourth-order valence-electron chi connectivity index (χ4n) is 1.62. The molecule has 116 valence electrons. The zero-order valence-corrected chi connectivity index (χ0v) is 13.9. The molecule has 1 aromatic rings. The standard InChI is InChI=1S/C15H20BrNO4/c1-3-20-15(19)11-17(2)14(18)5-4-10-21-13-8-6-12(16)7-9-13/h6-9H,3-5,10-11H2,1-2H3. The van der Waals surface area contributed by atoms with Crippen molar-refractivity contribution in [3.63, 3.8) is 0 Å². The molecule has 0 unspecified atom stereocenters. The summed E-state index contributed by atoms with van der Waals surface area (Å²) in [6, 6.07) is 7.51. The second-order valence-corrected chi connectivity index (χ2v) is 5.38. The van der Waals surface area contributed by atoms with E-state index in [9.17, 15) is 9.59 Å². The summed E-state index contributed by atoms with van der Waals surface area (Å²) >= 11 is 3.35. The smallest absolute Gasteiger partial charge is 0.325 e. The summed E-state index contributed by atoms with van der Waals surface area (Å²) < 4.78 is 11.3. The molecule has 0 aromatic heterocycles. The fraction of sp³-hybridized carbons (Fsp3) is 0.467. The maximum Gasteiger partial charge on any atom is 0.325 e. The van der Waals surface area contributed by atoms with Gasteiger partial charge in [0.25, 0.3) is 0 Å². The van der Waals surface area contributed by atoms with Gasteiger partial charge in [-0.05, 0) is 37.6 Å². The lowest BCUT2D eigenvalue weighted by Gasteiger charge is -2.16. The first-order chi connectivity index (χ1) is 10.0. The van der Waals surface area contributed by atoms with Crippen LogP contribution in [0.25, 0.3) is 0 Å². The van der Waals surface area contributed by atoms with Crippen LogP contribution in [-0.2, 0) is 14.3 Å². The number of ether oxygens (including phenoxy) is 2. The Balaban J connectivity index is 2.20. The molecule has 1 amide bonds. The van der Waals surface area contributed by atoms with Gasteiger partial charge in [0.1, 0.15) is 12.3 Å². The molecule has 0 aliphatic heterocycles. The number of carbonyl (C=O) groups excluding carboxylic acids is 2. The molecule has 0 saturated carbocycles. The van der Waals surface area contributed by atoms with E-state index in [1.54, 1.807) is 14.0 Å². The van der Waals surface area contributed by atoms with Crippen LogP contribution in [0, 0.1) is 0 Å². The van der Waals surface area contributed by atoms with Gasteiger partial charge in [0, 0.05) is 17.9 Å². The van der Waals surface area contributed by atoms with Gasteiger partial charge in [-0.1, -0.05) is 15.9 Å². The molecule has 0 aliphatic rings. The molecule has 0 atom stereocenters. The van der Waals surface area contributed by atoms with Gasteiger partial charge in [-0.2, -0.15) is 0 Å². The molecule has 0 spiro atoms. The van der Waals surface area contributed by atoms with E-state index in [1.807, 2.05) is 24.3 Å². The van der Waals surface area contributed by atoms with E-state index in [2.05, 4.69) is 15.9 Å². The van der Waals surface area contributed by atoms with Gasteiger partial charge in [0.05, 0.1) is 13.2 Å². The van der Waals surface area contributed by atoms with E-state index in [0.29, 0.717) is 26.1 Å². The Hall–Kier alpha value is -1.56. The second kappa shape index (κ2) is 9.39. The average molecular weight is 358 g/mol. The van der Waals surface area contributed by atoms with Crippen LogP contribution < -0.4 is 4.74 Å². The van der Waals surface area contributed by atoms with Gasteiger partial charge in [-0.25, -0.2) is 0 Å². The van der Waals surface area contributed by atoms with Crippen molar-refractivity contribution in [2.45, 2.75) is 19.8 Å². The molecule has 0 aliphatic carbocycles. The van der Waals surface area contributed by atoms with Gasteiger partial charge in [0.15, 0.2) is 0 Å². The third kappa shape index (κ3) is 7.13. The number of carbonyl (C=O) groups is 2. The Morgan fingerprint density at radius 3 is 2.52 bits per heavy atom. The molecule has 1 aromatic carbocycles. The highest BCUT2D eigenvalue weighted by Gasteiger charge is 2.13. The normalized spacial score (nSPS) is 10.0. The number of nitrogens with zero attached hydrogens (tertiary/aromatic N) is 1. The third-order valence-corrected chi connectivity index (χ3v) is 3.24. The predicted octanol–water partition coefficient (Wildman–Crippen LogP) is 2.63. The van der Waals surface area contributed by atoms with Crippen LogP contribution in [0.1, 0.15) is 19.8 Å². The van der Waals surface area contributed by atoms with Crippen molar-refractivity contribution in [3.8, 4) is 5.75 Å². The molecule has 21 heavy (non-hydrogen) atoms. The van der Waals surface area contributed by atoms with Crippen molar-refractivity contribution in [2.24, 2.45) is 0 Å². The first-order valence-electron chi connectivity index (χ1n) is 6.81. The molecule has 0 heterocycles. The first kappa shape index (κ1) is 17.5. The Labute approximate surface area is 133 Å². The van der Waals surface area contributed by atoms with Crippen LogP contribution in [0.4, 0.5) is 0 Å². The van der Waals surface area contributed by atoms with Gasteiger partial charge in [0.2, 0.25) is 5.91 Å². The molecule has 5 nitrogen and oxygen atoms in total. The summed E-state index contributed by atoms with van der Waals surface area (Å²) in [6.07, 6.45) is 0.939. The number of rotatable bonds is 8. The van der Waals surface area contributed by atoms with Gasteiger partial charge < -0.3 is 14.4 Å². The zero-order chi connectivity index (χ0) is 15.7. The minimum absolute atomic E-state index is 0.0136. The number of amides is 1. The lowest BCUT2D eigenvalue weighted by atomic mass is 10.3. The van der Waals surface area contributed by atoms with Crippen LogP contribution >= 0.6 is 15.9 Å². The van der Waals surface area contributed by atoms with Gasteiger partial charge >= 0.3 is 5.97 Å². The van der Waals surface area contributed by atoms with E-state index in [1.165, 1.54) is 4.90 Å². The van der Waals surface area contributed by atoms with E-state index in [0.717, 1.165) is 10.2 Å². The van der Waals surface area contributed by atoms with Crippen molar-refractivity contribution in [1.82, 2.24) is 4.90 Å². The quantitative estimate of drug-likeness (QED) is 0.530. The minimum atomic E-state index is -0.389. The van der Waals surface area contributed by atoms with Crippen LogP contribution in [0.3, 0.4) is 0 Å². The SMILES string of the molecule is CCOC(=O)CN(C)C(=O)CCCOc1ccc(Br)cc1. The zero-order valence-electron chi connectivity index (χ0n) is 12.3. The van der Waals surface area contributed by atoms with Crippen molar-refractivity contribution >= 4 is 27.8 Å². The lowest BCUT2D eigenvalue weighted by Crippen LogP contribution is -2.33. The number of hydrogen-bond acceptors (Lipinski definition) is 4.